The van der Waals surface area contributed by atoms with E-state index >= 15 is 0 Å². The molecule has 1 saturated carbocycles. The molecule has 1 heteroatoms. The van der Waals surface area contributed by atoms with Crippen LogP contribution in [0.4, 0.5) is 0 Å². The Bertz CT molecular complexity index is 400. The molecule has 0 aromatic heterocycles. The molecule has 19 heavy (non-hydrogen) atoms. The topological polar surface area (TPSA) is 3.24 Å². The highest BCUT2D eigenvalue weighted by molar-refractivity contribution is 5.37. The van der Waals surface area contributed by atoms with E-state index in [2.05, 4.69) is 63.9 Å². The second kappa shape index (κ2) is 5.98. The lowest BCUT2D eigenvalue weighted by Crippen LogP contribution is -2.34. The van der Waals surface area contributed by atoms with Crippen LogP contribution in [0.3, 0.4) is 0 Å². The highest BCUT2D eigenvalue weighted by Crippen LogP contribution is 2.44. The van der Waals surface area contributed by atoms with Gasteiger partial charge in [-0.15, -0.1) is 0 Å². The first-order chi connectivity index (χ1) is 9.08. The van der Waals surface area contributed by atoms with Crippen molar-refractivity contribution in [3.63, 3.8) is 0 Å². The molecule has 1 nitrogen and oxygen atoms in total. The number of hydrogen-bond acceptors (Lipinski definition) is 1. The molecule has 1 fully saturated rings. The van der Waals surface area contributed by atoms with E-state index in [0.29, 0.717) is 6.04 Å². The molecule has 1 aliphatic heterocycles. The predicted octanol–water partition coefficient (Wildman–Crippen LogP) is 5.13. The van der Waals surface area contributed by atoms with Crippen molar-refractivity contribution in [1.29, 1.82) is 0 Å². The van der Waals surface area contributed by atoms with E-state index in [-0.39, 0.29) is 0 Å². The Hall–Kier alpha value is -0.980. The standard InChI is InChI=1S/C18H29N/c1-6-15-11-14(5)17(15)12-16-9-8-10-19(13(3)4)18(16)7-2/h7-8,10,12-15,17H,6,9,11H2,1-5H3/b16-12-,18-7?. The monoisotopic (exact) mass is 259 g/mol. The van der Waals surface area contributed by atoms with Gasteiger partial charge in [-0.05, 0) is 56.9 Å². The molecule has 106 valence electrons. The SMILES string of the molecule is CC=C1/C(=C\C2C(C)CC2CC)CC=CN1C(C)C. The van der Waals surface area contributed by atoms with Gasteiger partial charge in [-0.3, -0.25) is 0 Å². The molecule has 0 aromatic carbocycles. The van der Waals surface area contributed by atoms with Crippen LogP contribution in [0.5, 0.6) is 0 Å². The number of rotatable bonds is 3. The average molecular weight is 259 g/mol. The smallest absolute Gasteiger partial charge is 0.0397 e. The normalized spacial score (nSPS) is 35.3. The molecular weight excluding hydrogens is 230 g/mol. The third kappa shape index (κ3) is 2.80. The van der Waals surface area contributed by atoms with Crippen LogP contribution in [0.15, 0.2) is 35.7 Å². The van der Waals surface area contributed by atoms with Crippen molar-refractivity contribution in [2.75, 3.05) is 0 Å². The van der Waals surface area contributed by atoms with Crippen LogP contribution in [-0.2, 0) is 0 Å². The Labute approximate surface area is 119 Å². The molecule has 0 N–H and O–H groups in total. The van der Waals surface area contributed by atoms with Crippen molar-refractivity contribution in [3.05, 3.63) is 35.7 Å². The molecule has 3 unspecified atom stereocenters. The summed E-state index contributed by atoms with van der Waals surface area (Å²) in [5.74, 6) is 2.59. The first-order valence-corrected chi connectivity index (χ1v) is 7.90. The maximum absolute atomic E-state index is 2.58. The van der Waals surface area contributed by atoms with Crippen LogP contribution >= 0.6 is 0 Å². The Morgan fingerprint density at radius 2 is 2.16 bits per heavy atom. The van der Waals surface area contributed by atoms with Gasteiger partial charge in [-0.1, -0.05) is 38.5 Å². The van der Waals surface area contributed by atoms with Crippen molar-refractivity contribution in [2.24, 2.45) is 17.8 Å². The highest BCUT2D eigenvalue weighted by Gasteiger charge is 2.35. The van der Waals surface area contributed by atoms with Crippen molar-refractivity contribution < 1.29 is 0 Å². The lowest BCUT2D eigenvalue weighted by Gasteiger charge is -2.42. The van der Waals surface area contributed by atoms with Crippen molar-refractivity contribution in [1.82, 2.24) is 4.90 Å². The Morgan fingerprint density at radius 1 is 1.42 bits per heavy atom. The van der Waals surface area contributed by atoms with Gasteiger partial charge in [0, 0.05) is 17.9 Å². The quantitative estimate of drug-likeness (QED) is 0.679. The van der Waals surface area contributed by atoms with E-state index in [0.717, 1.165) is 24.2 Å². The van der Waals surface area contributed by atoms with E-state index in [9.17, 15) is 0 Å². The predicted molar refractivity (Wildman–Crippen MR) is 83.6 cm³/mol. The van der Waals surface area contributed by atoms with E-state index in [4.69, 9.17) is 0 Å². The van der Waals surface area contributed by atoms with Gasteiger partial charge < -0.3 is 4.90 Å². The maximum Gasteiger partial charge on any atom is 0.0397 e. The summed E-state index contributed by atoms with van der Waals surface area (Å²) in [5, 5.41) is 0. The molecule has 1 heterocycles. The molecule has 0 bridgehead atoms. The molecule has 0 amide bonds. The molecular formula is C18H29N. The summed E-state index contributed by atoms with van der Waals surface area (Å²) in [7, 11) is 0. The molecule has 0 spiro atoms. The average Bonchev–Trinajstić information content (AvgIpc) is 2.41. The van der Waals surface area contributed by atoms with Gasteiger partial charge in [0.2, 0.25) is 0 Å². The van der Waals surface area contributed by atoms with E-state index in [1.807, 2.05) is 0 Å². The maximum atomic E-state index is 2.58. The van der Waals surface area contributed by atoms with Crippen molar-refractivity contribution in [2.45, 2.75) is 59.9 Å². The molecule has 2 aliphatic rings. The van der Waals surface area contributed by atoms with Gasteiger partial charge in [-0.2, -0.15) is 0 Å². The number of allylic oxidation sites excluding steroid dienone is 4. The fourth-order valence-electron chi connectivity index (χ4n) is 3.61. The molecule has 0 aromatic rings. The van der Waals surface area contributed by atoms with Crippen LogP contribution in [-0.4, -0.2) is 10.9 Å². The Morgan fingerprint density at radius 3 is 2.68 bits per heavy atom. The first-order valence-electron chi connectivity index (χ1n) is 7.90. The summed E-state index contributed by atoms with van der Waals surface area (Å²) < 4.78 is 0. The fraction of sp³-hybridized carbons (Fsp3) is 0.667. The van der Waals surface area contributed by atoms with Crippen LogP contribution in [0.25, 0.3) is 0 Å². The summed E-state index contributed by atoms with van der Waals surface area (Å²) >= 11 is 0. The van der Waals surface area contributed by atoms with Gasteiger partial charge in [0.15, 0.2) is 0 Å². The van der Waals surface area contributed by atoms with Gasteiger partial charge in [0.05, 0.1) is 0 Å². The number of hydrogen-bond donors (Lipinski definition) is 0. The Kier molecular flexibility index (Phi) is 4.54. The number of nitrogens with zero attached hydrogens (tertiary/aromatic N) is 1. The molecule has 2 rings (SSSR count). The summed E-state index contributed by atoms with van der Waals surface area (Å²) in [4.78, 5) is 2.40. The van der Waals surface area contributed by atoms with Crippen LogP contribution in [0.1, 0.15) is 53.9 Å². The van der Waals surface area contributed by atoms with Gasteiger partial charge in [-0.25, -0.2) is 0 Å². The molecule has 0 saturated heterocycles. The van der Waals surface area contributed by atoms with Crippen LogP contribution in [0, 0.1) is 17.8 Å². The highest BCUT2D eigenvalue weighted by atomic mass is 15.1. The molecule has 3 atom stereocenters. The van der Waals surface area contributed by atoms with Gasteiger partial charge in [0.1, 0.15) is 0 Å². The molecule has 0 radical (unpaired) electrons. The van der Waals surface area contributed by atoms with Gasteiger partial charge in [0.25, 0.3) is 0 Å². The lowest BCUT2D eigenvalue weighted by atomic mass is 9.64. The van der Waals surface area contributed by atoms with E-state index < -0.39 is 0 Å². The summed E-state index contributed by atoms with van der Waals surface area (Å²) in [6.07, 6.45) is 13.3. The van der Waals surface area contributed by atoms with Crippen LogP contribution in [0.2, 0.25) is 0 Å². The summed E-state index contributed by atoms with van der Waals surface area (Å²) in [6.45, 7) is 11.4. The van der Waals surface area contributed by atoms with E-state index in [1.165, 1.54) is 24.1 Å². The minimum absolute atomic E-state index is 0.534. The summed E-state index contributed by atoms with van der Waals surface area (Å²) in [6, 6.07) is 0.534. The third-order valence-electron chi connectivity index (χ3n) is 4.83. The summed E-state index contributed by atoms with van der Waals surface area (Å²) in [5.41, 5.74) is 2.96. The zero-order valence-electron chi connectivity index (χ0n) is 13.2. The zero-order chi connectivity index (χ0) is 14.0. The fourth-order valence-corrected chi connectivity index (χ4v) is 3.61. The van der Waals surface area contributed by atoms with Crippen molar-refractivity contribution in [3.8, 4) is 0 Å². The van der Waals surface area contributed by atoms with E-state index in [1.54, 1.807) is 0 Å². The largest absolute Gasteiger partial charge is 0.346 e. The molecule has 1 aliphatic carbocycles. The Balaban J connectivity index is 2.22. The third-order valence-corrected chi connectivity index (χ3v) is 4.83. The van der Waals surface area contributed by atoms with Gasteiger partial charge >= 0.3 is 0 Å². The second-order valence-corrected chi connectivity index (χ2v) is 6.41. The second-order valence-electron chi connectivity index (χ2n) is 6.41. The lowest BCUT2D eigenvalue weighted by molar-refractivity contribution is 0.125. The minimum atomic E-state index is 0.534. The van der Waals surface area contributed by atoms with Crippen LogP contribution < -0.4 is 0 Å². The zero-order valence-corrected chi connectivity index (χ0v) is 13.2. The minimum Gasteiger partial charge on any atom is -0.346 e. The van der Waals surface area contributed by atoms with Crippen molar-refractivity contribution >= 4 is 0 Å². The first kappa shape index (κ1) is 14.4.